The van der Waals surface area contributed by atoms with E-state index >= 15 is 0 Å². The van der Waals surface area contributed by atoms with Crippen molar-refractivity contribution in [1.82, 2.24) is 9.97 Å². The van der Waals surface area contributed by atoms with E-state index in [1.807, 2.05) is 18.2 Å². The smallest absolute Gasteiger partial charge is 0.170 e. The predicted molar refractivity (Wildman–Crippen MR) is 60.8 cm³/mol. The average Bonchev–Trinajstić information content (AvgIpc) is 2.70. The van der Waals surface area contributed by atoms with Gasteiger partial charge in [-0.15, -0.1) is 0 Å². The third kappa shape index (κ3) is 2.53. The molecule has 1 heterocycles. The van der Waals surface area contributed by atoms with Crippen molar-refractivity contribution >= 4 is 21.7 Å². The minimum Gasteiger partial charge on any atom is -0.348 e. The first kappa shape index (κ1) is 10.1. The van der Waals surface area contributed by atoms with Crippen LogP contribution in [-0.2, 0) is 6.42 Å². The second-order valence-electron chi connectivity index (χ2n) is 3.15. The minimum absolute atomic E-state index is 0.0613. The number of rotatable bonds is 3. The van der Waals surface area contributed by atoms with Crippen LogP contribution in [0.4, 0.5) is 0 Å². The van der Waals surface area contributed by atoms with Crippen LogP contribution in [0.25, 0.3) is 0 Å². The van der Waals surface area contributed by atoms with Crippen LogP contribution in [0.2, 0.25) is 0 Å². The molecule has 0 aliphatic heterocycles. The fourth-order valence-corrected chi connectivity index (χ4v) is 1.71. The van der Waals surface area contributed by atoms with Crippen molar-refractivity contribution < 1.29 is 4.79 Å². The quantitative estimate of drug-likeness (QED) is 0.867. The molecule has 0 bridgehead atoms. The third-order valence-electron chi connectivity index (χ3n) is 2.03. The Hall–Kier alpha value is -1.42. The first-order valence-electron chi connectivity index (χ1n) is 4.53. The molecular weight excluding hydrogens is 256 g/mol. The summed E-state index contributed by atoms with van der Waals surface area (Å²) in [6.07, 6.45) is 3.66. The van der Waals surface area contributed by atoms with Gasteiger partial charge in [0.2, 0.25) is 0 Å². The van der Waals surface area contributed by atoms with Crippen molar-refractivity contribution in [3.63, 3.8) is 0 Å². The number of hydrogen-bond donors (Lipinski definition) is 1. The molecule has 3 nitrogen and oxygen atoms in total. The first-order chi connectivity index (χ1) is 7.25. The molecule has 0 unspecified atom stereocenters. The van der Waals surface area contributed by atoms with E-state index in [0.29, 0.717) is 17.8 Å². The van der Waals surface area contributed by atoms with Gasteiger partial charge in [-0.05, 0) is 12.1 Å². The van der Waals surface area contributed by atoms with Crippen molar-refractivity contribution in [1.29, 1.82) is 0 Å². The molecule has 0 saturated heterocycles. The Balaban J connectivity index is 2.15. The van der Waals surface area contributed by atoms with Crippen LogP contribution in [0.1, 0.15) is 16.2 Å². The minimum atomic E-state index is 0.0613. The lowest BCUT2D eigenvalue weighted by Crippen LogP contribution is -2.04. The molecule has 0 saturated carbocycles. The molecule has 76 valence electrons. The molecule has 0 amide bonds. The molecule has 1 aromatic carbocycles. The molecule has 2 rings (SSSR count). The summed E-state index contributed by atoms with van der Waals surface area (Å²) in [6, 6.07) is 7.35. The number of benzene rings is 1. The largest absolute Gasteiger partial charge is 0.348 e. The summed E-state index contributed by atoms with van der Waals surface area (Å²) in [7, 11) is 0. The lowest BCUT2D eigenvalue weighted by atomic mass is 10.1. The van der Waals surface area contributed by atoms with Crippen molar-refractivity contribution in [2.45, 2.75) is 6.42 Å². The Morgan fingerprint density at radius 1 is 1.47 bits per heavy atom. The monoisotopic (exact) mass is 264 g/mol. The topological polar surface area (TPSA) is 45.8 Å². The number of carbonyl (C=O) groups excluding carboxylic acids is 1. The Labute approximate surface area is 95.7 Å². The van der Waals surface area contributed by atoms with E-state index in [1.165, 1.54) is 0 Å². The lowest BCUT2D eigenvalue weighted by molar-refractivity contribution is 0.0991. The van der Waals surface area contributed by atoms with E-state index in [-0.39, 0.29) is 5.78 Å². The number of hydrogen-bond acceptors (Lipinski definition) is 2. The Bertz CT molecular complexity index is 465. The fourth-order valence-electron chi connectivity index (χ4n) is 1.31. The van der Waals surface area contributed by atoms with E-state index < -0.39 is 0 Å². The SMILES string of the molecule is O=C(Cc1ncc[nH]1)c1cccc(Br)c1. The molecule has 0 radical (unpaired) electrons. The zero-order chi connectivity index (χ0) is 10.7. The predicted octanol–water partition coefficient (Wildman–Crippen LogP) is 2.60. The third-order valence-corrected chi connectivity index (χ3v) is 2.52. The Morgan fingerprint density at radius 3 is 3.00 bits per heavy atom. The van der Waals surface area contributed by atoms with E-state index in [1.54, 1.807) is 18.5 Å². The van der Waals surface area contributed by atoms with Crippen molar-refractivity contribution in [3.8, 4) is 0 Å². The highest BCUT2D eigenvalue weighted by Crippen LogP contribution is 2.13. The van der Waals surface area contributed by atoms with Gasteiger partial charge in [-0.1, -0.05) is 28.1 Å². The maximum atomic E-state index is 11.8. The summed E-state index contributed by atoms with van der Waals surface area (Å²) in [4.78, 5) is 18.7. The van der Waals surface area contributed by atoms with E-state index in [2.05, 4.69) is 25.9 Å². The van der Waals surface area contributed by atoms with Crippen molar-refractivity contribution in [2.24, 2.45) is 0 Å². The number of Topliss-reactive ketones (excluding diaryl/α,β-unsaturated/α-hetero) is 1. The second-order valence-corrected chi connectivity index (χ2v) is 4.06. The molecule has 15 heavy (non-hydrogen) atoms. The van der Waals surface area contributed by atoms with Crippen LogP contribution in [0.15, 0.2) is 41.1 Å². The fraction of sp³-hybridized carbons (Fsp3) is 0.0909. The van der Waals surface area contributed by atoms with Gasteiger partial charge in [0, 0.05) is 22.4 Å². The Morgan fingerprint density at radius 2 is 2.33 bits per heavy atom. The maximum absolute atomic E-state index is 11.8. The van der Waals surface area contributed by atoms with Gasteiger partial charge in [0.1, 0.15) is 5.82 Å². The van der Waals surface area contributed by atoms with Crippen LogP contribution in [0, 0.1) is 0 Å². The van der Waals surface area contributed by atoms with E-state index in [9.17, 15) is 4.79 Å². The molecular formula is C11H9BrN2O. The van der Waals surface area contributed by atoms with Gasteiger partial charge in [-0.2, -0.15) is 0 Å². The summed E-state index contributed by atoms with van der Waals surface area (Å²) in [5, 5.41) is 0. The highest BCUT2D eigenvalue weighted by molar-refractivity contribution is 9.10. The molecule has 4 heteroatoms. The number of aromatic amines is 1. The number of nitrogens with one attached hydrogen (secondary N) is 1. The molecule has 0 fully saturated rings. The highest BCUT2D eigenvalue weighted by Gasteiger charge is 2.08. The lowest BCUT2D eigenvalue weighted by Gasteiger charge is -1.99. The molecule has 0 aliphatic rings. The number of halogens is 1. The second kappa shape index (κ2) is 4.40. The van der Waals surface area contributed by atoms with Gasteiger partial charge < -0.3 is 4.98 Å². The highest BCUT2D eigenvalue weighted by atomic mass is 79.9. The maximum Gasteiger partial charge on any atom is 0.170 e. The molecule has 0 aliphatic carbocycles. The molecule has 2 aromatic rings. The molecule has 1 N–H and O–H groups in total. The number of nitrogens with zero attached hydrogens (tertiary/aromatic N) is 1. The number of ketones is 1. The van der Waals surface area contributed by atoms with Gasteiger partial charge in [-0.3, -0.25) is 4.79 Å². The van der Waals surface area contributed by atoms with Gasteiger partial charge in [0.25, 0.3) is 0 Å². The van der Waals surface area contributed by atoms with Gasteiger partial charge in [-0.25, -0.2) is 4.98 Å². The summed E-state index contributed by atoms with van der Waals surface area (Å²) in [5.74, 6) is 0.756. The normalized spacial score (nSPS) is 10.2. The van der Waals surface area contributed by atoms with Gasteiger partial charge in [0.05, 0.1) is 6.42 Å². The van der Waals surface area contributed by atoms with Crippen LogP contribution in [0.5, 0.6) is 0 Å². The average molecular weight is 265 g/mol. The van der Waals surface area contributed by atoms with Crippen LogP contribution < -0.4 is 0 Å². The van der Waals surface area contributed by atoms with Crippen LogP contribution in [0.3, 0.4) is 0 Å². The summed E-state index contributed by atoms with van der Waals surface area (Å²) < 4.78 is 0.910. The first-order valence-corrected chi connectivity index (χ1v) is 5.32. The summed E-state index contributed by atoms with van der Waals surface area (Å²) in [6.45, 7) is 0. The van der Waals surface area contributed by atoms with Crippen LogP contribution >= 0.6 is 15.9 Å². The number of carbonyl (C=O) groups is 1. The molecule has 1 aromatic heterocycles. The Kier molecular flexibility index (Phi) is 2.97. The molecule has 0 spiro atoms. The van der Waals surface area contributed by atoms with E-state index in [0.717, 1.165) is 4.47 Å². The van der Waals surface area contributed by atoms with Crippen LogP contribution in [-0.4, -0.2) is 15.8 Å². The number of imidazole rings is 1. The van der Waals surface area contributed by atoms with Gasteiger partial charge in [0.15, 0.2) is 5.78 Å². The number of aromatic nitrogens is 2. The zero-order valence-electron chi connectivity index (χ0n) is 7.90. The van der Waals surface area contributed by atoms with E-state index in [4.69, 9.17) is 0 Å². The van der Waals surface area contributed by atoms with Gasteiger partial charge >= 0.3 is 0 Å². The van der Waals surface area contributed by atoms with Crippen molar-refractivity contribution in [3.05, 3.63) is 52.5 Å². The van der Waals surface area contributed by atoms with Crippen molar-refractivity contribution in [2.75, 3.05) is 0 Å². The standard InChI is InChI=1S/C11H9BrN2O/c12-9-3-1-2-8(6-9)10(15)7-11-13-4-5-14-11/h1-6H,7H2,(H,13,14). The number of H-pyrrole nitrogens is 1. The molecule has 0 atom stereocenters. The summed E-state index contributed by atoms with van der Waals surface area (Å²) in [5.41, 5.74) is 0.695. The summed E-state index contributed by atoms with van der Waals surface area (Å²) >= 11 is 3.33. The zero-order valence-corrected chi connectivity index (χ0v) is 9.49.